The summed E-state index contributed by atoms with van der Waals surface area (Å²) in [5.41, 5.74) is -0.411. The molecule has 1 fully saturated rings. The molecule has 0 aromatic heterocycles. The normalized spacial score (nSPS) is 14.8. The van der Waals surface area contributed by atoms with Crippen LogP contribution in [0.2, 0.25) is 0 Å². The van der Waals surface area contributed by atoms with Crippen molar-refractivity contribution < 1.29 is 18.0 Å². The fourth-order valence-electron chi connectivity index (χ4n) is 1.33. The summed E-state index contributed by atoms with van der Waals surface area (Å²) in [6, 6.07) is 0.989. The molecule has 2 rings (SSSR count). The molecule has 1 saturated carbocycles. The summed E-state index contributed by atoms with van der Waals surface area (Å²) in [6.07, 6.45) is 5.46. The monoisotopic (exact) mass is 256 g/mol. The largest absolute Gasteiger partial charge is 0.323 e. The Morgan fingerprint density at radius 3 is 2.61 bits per heavy atom. The molecular weight excluding hydrogens is 245 g/mol. The van der Waals surface area contributed by atoms with Crippen LogP contribution in [0.5, 0.6) is 0 Å². The van der Waals surface area contributed by atoms with Gasteiger partial charge in [-0.1, -0.05) is 6.08 Å². The number of anilines is 1. The average Bonchev–Trinajstić information content (AvgIpc) is 3.14. The van der Waals surface area contributed by atoms with E-state index in [1.54, 1.807) is 0 Å². The predicted octanol–water partition coefficient (Wildman–Crippen LogP) is 3.15. The number of benzene rings is 1. The minimum Gasteiger partial charge on any atom is -0.315 e. The molecule has 1 aliphatic rings. The Labute approximate surface area is 102 Å². The highest BCUT2D eigenvalue weighted by Crippen LogP contribution is 2.29. The lowest BCUT2D eigenvalue weighted by Crippen LogP contribution is -2.24. The van der Waals surface area contributed by atoms with E-state index >= 15 is 0 Å². The van der Waals surface area contributed by atoms with Crippen LogP contribution >= 0.6 is 0 Å². The van der Waals surface area contributed by atoms with Gasteiger partial charge in [-0.3, -0.25) is 0 Å². The number of carbonyl (C=O) groups is 1. The van der Waals surface area contributed by atoms with Crippen LogP contribution in [0, 0.1) is 23.4 Å². The van der Waals surface area contributed by atoms with Crippen molar-refractivity contribution in [3.8, 4) is 0 Å². The van der Waals surface area contributed by atoms with Crippen molar-refractivity contribution in [2.24, 2.45) is 5.92 Å². The zero-order valence-corrected chi connectivity index (χ0v) is 9.34. The molecule has 2 amide bonds. The Morgan fingerprint density at radius 1 is 1.22 bits per heavy atom. The van der Waals surface area contributed by atoms with Crippen LogP contribution < -0.4 is 10.6 Å². The minimum absolute atomic E-state index is 0.411. The van der Waals surface area contributed by atoms with Crippen molar-refractivity contribution in [1.29, 1.82) is 0 Å². The van der Waals surface area contributed by atoms with Crippen LogP contribution in [-0.4, -0.2) is 6.03 Å². The van der Waals surface area contributed by atoms with Crippen LogP contribution in [-0.2, 0) is 0 Å². The van der Waals surface area contributed by atoms with Gasteiger partial charge in [0.2, 0.25) is 0 Å². The number of rotatable bonds is 3. The fourth-order valence-corrected chi connectivity index (χ4v) is 1.33. The van der Waals surface area contributed by atoms with Crippen molar-refractivity contribution >= 4 is 11.7 Å². The van der Waals surface area contributed by atoms with Crippen LogP contribution in [0.4, 0.5) is 23.7 Å². The summed E-state index contributed by atoms with van der Waals surface area (Å²) in [7, 11) is 0. The highest BCUT2D eigenvalue weighted by molar-refractivity contribution is 5.89. The van der Waals surface area contributed by atoms with Gasteiger partial charge in [-0.05, 0) is 30.9 Å². The second-order valence-corrected chi connectivity index (χ2v) is 4.02. The molecule has 0 radical (unpaired) electrons. The minimum atomic E-state index is -1.61. The highest BCUT2D eigenvalue weighted by atomic mass is 19.2. The smallest absolute Gasteiger partial charge is 0.315 e. The first-order valence-corrected chi connectivity index (χ1v) is 5.45. The summed E-state index contributed by atoms with van der Waals surface area (Å²) in [6.45, 7) is 0. The number of allylic oxidation sites excluding steroid dienone is 1. The Bertz CT molecular complexity index is 498. The van der Waals surface area contributed by atoms with Gasteiger partial charge in [0.15, 0.2) is 17.5 Å². The number of nitrogens with one attached hydrogen (secondary N) is 2. The maximum absolute atomic E-state index is 13.2. The number of urea groups is 1. The number of amides is 2. The molecule has 96 valence electrons. The first kappa shape index (κ1) is 12.5. The lowest BCUT2D eigenvalue weighted by molar-refractivity contribution is 0.255. The van der Waals surface area contributed by atoms with E-state index in [0.29, 0.717) is 5.92 Å². The molecule has 0 spiro atoms. The molecule has 0 unspecified atom stereocenters. The van der Waals surface area contributed by atoms with Crippen LogP contribution in [0.3, 0.4) is 0 Å². The van der Waals surface area contributed by atoms with Gasteiger partial charge in [0.25, 0.3) is 0 Å². The van der Waals surface area contributed by atoms with E-state index in [1.807, 2.05) is 6.08 Å². The van der Waals surface area contributed by atoms with Crippen molar-refractivity contribution in [3.05, 3.63) is 41.9 Å². The summed E-state index contributed by atoms with van der Waals surface area (Å²) < 4.78 is 38.7. The fraction of sp³-hybridized carbons (Fsp3) is 0.250. The topological polar surface area (TPSA) is 41.1 Å². The van der Waals surface area contributed by atoms with Gasteiger partial charge in [-0.15, -0.1) is 0 Å². The van der Waals surface area contributed by atoms with Crippen molar-refractivity contribution in [3.63, 3.8) is 0 Å². The van der Waals surface area contributed by atoms with Gasteiger partial charge in [-0.2, -0.15) is 0 Å². The molecule has 1 aromatic carbocycles. The molecule has 18 heavy (non-hydrogen) atoms. The van der Waals surface area contributed by atoms with Crippen LogP contribution in [0.1, 0.15) is 12.8 Å². The molecular formula is C12H11F3N2O. The molecule has 6 heteroatoms. The lowest BCUT2D eigenvalue weighted by atomic mass is 10.3. The molecule has 1 aromatic rings. The van der Waals surface area contributed by atoms with Crippen LogP contribution in [0.25, 0.3) is 0 Å². The maximum atomic E-state index is 13.2. The molecule has 1 aliphatic carbocycles. The second-order valence-electron chi connectivity index (χ2n) is 4.02. The maximum Gasteiger partial charge on any atom is 0.323 e. The summed E-state index contributed by atoms with van der Waals surface area (Å²) in [5.74, 6) is -3.84. The Kier molecular flexibility index (Phi) is 3.55. The van der Waals surface area contributed by atoms with Gasteiger partial charge in [0.1, 0.15) is 0 Å². The number of halogens is 3. The average molecular weight is 256 g/mol. The molecule has 0 saturated heterocycles. The standard InChI is InChI=1S/C12H11F3N2O/c13-8-3-4-9(11(15)10(8)14)17-12(18)16-6-5-7-1-2-7/h3-7H,1-2H2,(H2,16,17,18)/b6-5+. The highest BCUT2D eigenvalue weighted by Gasteiger charge is 2.17. The van der Waals surface area contributed by atoms with Gasteiger partial charge in [0.05, 0.1) is 5.69 Å². The molecule has 0 heterocycles. The molecule has 0 aliphatic heterocycles. The lowest BCUT2D eigenvalue weighted by Gasteiger charge is -2.06. The quantitative estimate of drug-likeness (QED) is 0.801. The third-order valence-electron chi connectivity index (χ3n) is 2.49. The SMILES string of the molecule is O=C(N/C=C/C1CC1)Nc1ccc(F)c(F)c1F. The third kappa shape index (κ3) is 3.03. The molecule has 0 bridgehead atoms. The van der Waals surface area contributed by atoms with Crippen molar-refractivity contribution in [2.45, 2.75) is 12.8 Å². The van der Waals surface area contributed by atoms with E-state index in [2.05, 4.69) is 10.6 Å². The van der Waals surface area contributed by atoms with Gasteiger partial charge in [0, 0.05) is 6.20 Å². The van der Waals surface area contributed by atoms with Gasteiger partial charge in [-0.25, -0.2) is 18.0 Å². The zero-order valence-electron chi connectivity index (χ0n) is 9.34. The van der Waals surface area contributed by atoms with E-state index < -0.39 is 29.2 Å². The van der Waals surface area contributed by atoms with Gasteiger partial charge >= 0.3 is 6.03 Å². The summed E-state index contributed by atoms with van der Waals surface area (Å²) in [5, 5.41) is 4.44. The van der Waals surface area contributed by atoms with E-state index in [4.69, 9.17) is 0 Å². The second kappa shape index (κ2) is 5.12. The Hall–Kier alpha value is -1.98. The van der Waals surface area contributed by atoms with Crippen molar-refractivity contribution in [1.82, 2.24) is 5.32 Å². The van der Waals surface area contributed by atoms with E-state index in [0.717, 1.165) is 25.0 Å². The molecule has 2 N–H and O–H groups in total. The third-order valence-corrected chi connectivity index (χ3v) is 2.49. The Balaban J connectivity index is 1.95. The number of hydrogen-bond acceptors (Lipinski definition) is 1. The van der Waals surface area contributed by atoms with E-state index in [-0.39, 0.29) is 0 Å². The first-order valence-electron chi connectivity index (χ1n) is 5.45. The van der Waals surface area contributed by atoms with E-state index in [1.165, 1.54) is 6.20 Å². The molecule has 0 atom stereocenters. The van der Waals surface area contributed by atoms with Crippen LogP contribution in [0.15, 0.2) is 24.4 Å². The number of hydrogen-bond donors (Lipinski definition) is 2. The summed E-state index contributed by atoms with van der Waals surface area (Å²) >= 11 is 0. The van der Waals surface area contributed by atoms with Gasteiger partial charge < -0.3 is 10.6 Å². The first-order chi connectivity index (χ1) is 8.58. The Morgan fingerprint density at radius 2 is 1.94 bits per heavy atom. The summed E-state index contributed by atoms with van der Waals surface area (Å²) in [4.78, 5) is 11.3. The predicted molar refractivity (Wildman–Crippen MR) is 60.3 cm³/mol. The molecule has 3 nitrogen and oxygen atoms in total. The number of carbonyl (C=O) groups excluding carboxylic acids is 1. The zero-order chi connectivity index (χ0) is 13.1. The van der Waals surface area contributed by atoms with Crippen molar-refractivity contribution in [2.75, 3.05) is 5.32 Å². The van der Waals surface area contributed by atoms with E-state index in [9.17, 15) is 18.0 Å².